The molecule has 2 nitrogen and oxygen atoms in total. The van der Waals surface area contributed by atoms with Gasteiger partial charge in [0, 0.05) is 16.6 Å². The third-order valence-corrected chi connectivity index (χ3v) is 4.30. The second-order valence-corrected chi connectivity index (χ2v) is 5.94. The summed E-state index contributed by atoms with van der Waals surface area (Å²) in [5.74, 6) is 1.02. The molecule has 1 aromatic carbocycles. The number of hydrogen-bond acceptors (Lipinski definition) is 2. The number of likely N-dealkylation sites (tertiary alicyclic amines) is 1. The Labute approximate surface area is 117 Å². The normalized spacial score (nSPS) is 20.2. The van der Waals surface area contributed by atoms with Crippen LogP contribution in [0.15, 0.2) is 28.7 Å². The van der Waals surface area contributed by atoms with Crippen molar-refractivity contribution in [3.8, 4) is 0 Å². The predicted molar refractivity (Wildman–Crippen MR) is 77.9 cm³/mol. The van der Waals surface area contributed by atoms with E-state index in [1.54, 1.807) is 0 Å². The average molecular weight is 310 g/mol. The summed E-state index contributed by atoms with van der Waals surface area (Å²) >= 11 is 3.44. The molecule has 0 radical (unpaired) electrons. The predicted octanol–water partition coefficient (Wildman–Crippen LogP) is 3.75. The van der Waals surface area contributed by atoms with Crippen molar-refractivity contribution in [3.05, 3.63) is 34.3 Å². The number of carbonyl (C=O) groups excluding carboxylic acids is 1. The molecule has 0 saturated carbocycles. The van der Waals surface area contributed by atoms with Crippen LogP contribution in [0.4, 0.5) is 0 Å². The molecule has 0 aliphatic carbocycles. The Morgan fingerprint density at radius 3 is 2.94 bits per heavy atom. The molecule has 1 unspecified atom stereocenters. The van der Waals surface area contributed by atoms with Gasteiger partial charge in [-0.15, -0.1) is 0 Å². The number of nitrogens with zero attached hydrogens (tertiary/aromatic N) is 1. The third kappa shape index (κ3) is 3.42. The molecule has 0 bridgehead atoms. The number of ketones is 1. The van der Waals surface area contributed by atoms with E-state index >= 15 is 0 Å². The zero-order valence-corrected chi connectivity index (χ0v) is 12.4. The van der Waals surface area contributed by atoms with E-state index in [-0.39, 0.29) is 5.78 Å². The number of halogens is 1. The lowest BCUT2D eigenvalue weighted by Crippen LogP contribution is -2.28. The first-order chi connectivity index (χ1) is 8.70. The molecule has 0 N–H and O–H groups in total. The third-order valence-electron chi connectivity index (χ3n) is 3.61. The van der Waals surface area contributed by atoms with Gasteiger partial charge in [-0.05, 0) is 31.4 Å². The van der Waals surface area contributed by atoms with Crippen LogP contribution < -0.4 is 0 Å². The Morgan fingerprint density at radius 1 is 1.44 bits per heavy atom. The first-order valence-electron chi connectivity index (χ1n) is 6.70. The summed E-state index contributed by atoms with van der Waals surface area (Å²) in [4.78, 5) is 14.5. The van der Waals surface area contributed by atoms with Crippen LogP contribution in [0.25, 0.3) is 0 Å². The summed E-state index contributed by atoms with van der Waals surface area (Å²) in [6.07, 6.45) is 3.79. The molecule has 0 spiro atoms. The molecule has 98 valence electrons. The van der Waals surface area contributed by atoms with E-state index in [0.717, 1.165) is 29.0 Å². The van der Waals surface area contributed by atoms with E-state index in [4.69, 9.17) is 0 Å². The van der Waals surface area contributed by atoms with Crippen molar-refractivity contribution in [1.82, 2.24) is 4.90 Å². The molecule has 0 amide bonds. The standard InChI is InChI=1S/C15H20BrNO/c1-2-5-12-8-9-17(10-12)11-15(18)13-6-3-4-7-14(13)16/h3-4,6-7,12H,2,5,8-11H2,1H3. The van der Waals surface area contributed by atoms with Crippen LogP contribution >= 0.6 is 15.9 Å². The van der Waals surface area contributed by atoms with Gasteiger partial charge in [0.2, 0.25) is 0 Å². The molecule has 1 fully saturated rings. The zero-order chi connectivity index (χ0) is 13.0. The summed E-state index contributed by atoms with van der Waals surface area (Å²) in [6.45, 7) is 4.95. The number of rotatable bonds is 5. The summed E-state index contributed by atoms with van der Waals surface area (Å²) in [5.41, 5.74) is 0.802. The van der Waals surface area contributed by atoms with E-state index in [0.29, 0.717) is 6.54 Å². The Hall–Kier alpha value is -0.670. The second kappa shape index (κ2) is 6.48. The molecule has 1 aliphatic heterocycles. The minimum atomic E-state index is 0.222. The van der Waals surface area contributed by atoms with Gasteiger partial charge in [-0.1, -0.05) is 47.5 Å². The molecule has 1 aromatic rings. The monoisotopic (exact) mass is 309 g/mol. The van der Waals surface area contributed by atoms with Crippen LogP contribution in [-0.4, -0.2) is 30.3 Å². The number of Topliss-reactive ketones (excluding diaryl/α,β-unsaturated/α-hetero) is 1. The van der Waals surface area contributed by atoms with Gasteiger partial charge in [-0.2, -0.15) is 0 Å². The van der Waals surface area contributed by atoms with Crippen LogP contribution in [0.1, 0.15) is 36.5 Å². The van der Waals surface area contributed by atoms with E-state index in [1.165, 1.54) is 19.3 Å². The molecule has 1 atom stereocenters. The van der Waals surface area contributed by atoms with Crippen LogP contribution in [0.3, 0.4) is 0 Å². The van der Waals surface area contributed by atoms with Gasteiger partial charge in [0.05, 0.1) is 6.54 Å². The highest BCUT2D eigenvalue weighted by molar-refractivity contribution is 9.10. The smallest absolute Gasteiger partial charge is 0.177 e. The average Bonchev–Trinajstić information content (AvgIpc) is 2.77. The van der Waals surface area contributed by atoms with Gasteiger partial charge in [-0.3, -0.25) is 9.69 Å². The van der Waals surface area contributed by atoms with Crippen LogP contribution in [0.5, 0.6) is 0 Å². The fourth-order valence-corrected chi connectivity index (χ4v) is 3.18. The summed E-state index contributed by atoms with van der Waals surface area (Å²) < 4.78 is 0.902. The lowest BCUT2D eigenvalue weighted by atomic mass is 10.0. The van der Waals surface area contributed by atoms with Gasteiger partial charge < -0.3 is 0 Å². The molecule has 0 aromatic heterocycles. The van der Waals surface area contributed by atoms with E-state index < -0.39 is 0 Å². The molecule has 1 aliphatic rings. The molecule has 2 rings (SSSR count). The van der Waals surface area contributed by atoms with Gasteiger partial charge in [0.1, 0.15) is 0 Å². The lowest BCUT2D eigenvalue weighted by molar-refractivity contribution is 0.0942. The Balaban J connectivity index is 1.91. The van der Waals surface area contributed by atoms with E-state index in [2.05, 4.69) is 27.8 Å². The molecular formula is C15H20BrNO. The van der Waals surface area contributed by atoms with E-state index in [9.17, 15) is 4.79 Å². The number of carbonyl (C=O) groups is 1. The Kier molecular flexibility index (Phi) is 4.95. The molecule has 3 heteroatoms. The highest BCUT2D eigenvalue weighted by Gasteiger charge is 2.24. The Morgan fingerprint density at radius 2 is 2.22 bits per heavy atom. The topological polar surface area (TPSA) is 20.3 Å². The van der Waals surface area contributed by atoms with E-state index in [1.807, 2.05) is 24.3 Å². The maximum absolute atomic E-state index is 12.2. The maximum atomic E-state index is 12.2. The largest absolute Gasteiger partial charge is 0.296 e. The van der Waals surface area contributed by atoms with Gasteiger partial charge in [0.15, 0.2) is 5.78 Å². The molecule has 1 heterocycles. The first-order valence-corrected chi connectivity index (χ1v) is 7.50. The zero-order valence-electron chi connectivity index (χ0n) is 10.9. The van der Waals surface area contributed by atoms with Crippen molar-refractivity contribution in [2.45, 2.75) is 26.2 Å². The quantitative estimate of drug-likeness (QED) is 0.772. The van der Waals surface area contributed by atoms with Crippen molar-refractivity contribution in [1.29, 1.82) is 0 Å². The summed E-state index contributed by atoms with van der Waals surface area (Å²) in [7, 11) is 0. The fraction of sp³-hybridized carbons (Fsp3) is 0.533. The van der Waals surface area contributed by atoms with Crippen LogP contribution in [0, 0.1) is 5.92 Å². The van der Waals surface area contributed by atoms with Crippen LogP contribution in [0.2, 0.25) is 0 Å². The van der Waals surface area contributed by atoms with Crippen molar-refractivity contribution >= 4 is 21.7 Å². The molecule has 18 heavy (non-hydrogen) atoms. The van der Waals surface area contributed by atoms with Gasteiger partial charge in [-0.25, -0.2) is 0 Å². The van der Waals surface area contributed by atoms with Gasteiger partial charge in [0.25, 0.3) is 0 Å². The van der Waals surface area contributed by atoms with Crippen molar-refractivity contribution < 1.29 is 4.79 Å². The lowest BCUT2D eigenvalue weighted by Gasteiger charge is -2.15. The highest BCUT2D eigenvalue weighted by Crippen LogP contribution is 2.22. The SMILES string of the molecule is CCCC1CCN(CC(=O)c2ccccc2Br)C1. The molecule has 1 saturated heterocycles. The highest BCUT2D eigenvalue weighted by atomic mass is 79.9. The first kappa shape index (κ1) is 13.8. The second-order valence-electron chi connectivity index (χ2n) is 5.08. The fourth-order valence-electron chi connectivity index (χ4n) is 2.68. The molecular weight excluding hydrogens is 290 g/mol. The minimum Gasteiger partial charge on any atom is -0.296 e. The summed E-state index contributed by atoms with van der Waals surface area (Å²) in [6, 6.07) is 7.68. The number of hydrogen-bond donors (Lipinski definition) is 0. The maximum Gasteiger partial charge on any atom is 0.177 e. The van der Waals surface area contributed by atoms with Crippen molar-refractivity contribution in [3.63, 3.8) is 0 Å². The number of benzene rings is 1. The van der Waals surface area contributed by atoms with Gasteiger partial charge >= 0.3 is 0 Å². The Bertz CT molecular complexity index is 419. The summed E-state index contributed by atoms with van der Waals surface area (Å²) in [5, 5.41) is 0. The van der Waals surface area contributed by atoms with Crippen molar-refractivity contribution in [2.24, 2.45) is 5.92 Å². The van der Waals surface area contributed by atoms with Crippen LogP contribution in [-0.2, 0) is 0 Å². The van der Waals surface area contributed by atoms with Crippen molar-refractivity contribution in [2.75, 3.05) is 19.6 Å². The minimum absolute atomic E-state index is 0.222.